The molecular formula is C40H40F2N6O3. The molecule has 4 fully saturated rings. The molecular weight excluding hydrogens is 650 g/mol. The number of hydrogen-bond acceptors (Lipinski definition) is 8. The third kappa shape index (κ3) is 5.75. The molecule has 2 aromatic heterocycles. The van der Waals surface area contributed by atoms with Crippen molar-refractivity contribution in [1.29, 1.82) is 0 Å². The van der Waals surface area contributed by atoms with Crippen LogP contribution in [0, 0.1) is 24.0 Å². The van der Waals surface area contributed by atoms with Crippen molar-refractivity contribution in [2.45, 2.75) is 69.7 Å². The van der Waals surface area contributed by atoms with Crippen LogP contribution in [0.3, 0.4) is 0 Å². The number of fused-ring (bicyclic) bond motifs is 5. The monoisotopic (exact) mass is 690 g/mol. The molecule has 8 rings (SSSR count). The topological polar surface area (TPSA) is 83.9 Å². The number of aromatic nitrogens is 3. The Morgan fingerprint density at radius 3 is 2.45 bits per heavy atom. The molecule has 4 saturated heterocycles. The summed E-state index contributed by atoms with van der Waals surface area (Å²) in [5, 5.41) is 1.47. The second-order valence-electron chi connectivity index (χ2n) is 15.4. The van der Waals surface area contributed by atoms with Gasteiger partial charge >= 0.3 is 12.1 Å². The maximum Gasteiger partial charge on any atom is 0.410 e. The number of amides is 1. The summed E-state index contributed by atoms with van der Waals surface area (Å²) in [5.74, 6) is 1.89. The quantitative estimate of drug-likeness (QED) is 0.163. The first-order valence-corrected chi connectivity index (χ1v) is 17.4. The fourth-order valence-electron chi connectivity index (χ4n) is 8.56. The van der Waals surface area contributed by atoms with Gasteiger partial charge in [-0.2, -0.15) is 9.97 Å². The molecule has 11 heteroatoms. The molecule has 9 nitrogen and oxygen atoms in total. The highest BCUT2D eigenvalue weighted by atomic mass is 19.1. The van der Waals surface area contributed by atoms with Crippen molar-refractivity contribution in [1.82, 2.24) is 24.8 Å². The average Bonchev–Trinajstić information content (AvgIpc) is 3.64. The van der Waals surface area contributed by atoms with Crippen LogP contribution in [-0.4, -0.2) is 86.9 Å². The summed E-state index contributed by atoms with van der Waals surface area (Å²) < 4.78 is 43.6. The first kappa shape index (κ1) is 33.1. The Kier molecular flexibility index (Phi) is 7.79. The van der Waals surface area contributed by atoms with Crippen LogP contribution in [0.1, 0.15) is 52.0 Å². The molecule has 0 aliphatic carbocycles. The van der Waals surface area contributed by atoms with E-state index >= 15 is 4.39 Å². The lowest BCUT2D eigenvalue weighted by Gasteiger charge is -2.42. The Morgan fingerprint density at radius 2 is 1.78 bits per heavy atom. The van der Waals surface area contributed by atoms with E-state index in [-0.39, 0.29) is 47.5 Å². The summed E-state index contributed by atoms with van der Waals surface area (Å²) in [6, 6.07) is 7.64. The smallest absolute Gasteiger partial charge is 0.410 e. The highest BCUT2D eigenvalue weighted by Gasteiger charge is 2.48. The van der Waals surface area contributed by atoms with Gasteiger partial charge in [-0.05, 0) is 64.0 Å². The second-order valence-corrected chi connectivity index (χ2v) is 15.4. The van der Waals surface area contributed by atoms with E-state index in [0.29, 0.717) is 46.2 Å². The fourth-order valence-corrected chi connectivity index (χ4v) is 8.56. The summed E-state index contributed by atoms with van der Waals surface area (Å²) in [6.45, 7) is 16.8. The molecule has 2 bridgehead atoms. The number of terminal acetylenes is 1. The molecule has 51 heavy (non-hydrogen) atoms. The number of piperazine rings is 1. The lowest BCUT2D eigenvalue weighted by molar-refractivity contribution is 0.0122. The fraction of sp³-hybridized carbons (Fsp3) is 0.400. The van der Waals surface area contributed by atoms with Crippen molar-refractivity contribution in [3.8, 4) is 29.6 Å². The maximum atomic E-state index is 17.0. The van der Waals surface area contributed by atoms with Gasteiger partial charge in [0.25, 0.3) is 0 Å². The zero-order chi connectivity index (χ0) is 35.8. The average molecular weight is 691 g/mol. The third-order valence-electron chi connectivity index (χ3n) is 10.5. The summed E-state index contributed by atoms with van der Waals surface area (Å²) in [6.07, 6.45) is 10.2. The molecule has 4 aromatic rings. The maximum absolute atomic E-state index is 17.0. The predicted octanol–water partition coefficient (Wildman–Crippen LogP) is 7.03. The Labute approximate surface area is 296 Å². The van der Waals surface area contributed by atoms with Gasteiger partial charge < -0.3 is 14.4 Å². The summed E-state index contributed by atoms with van der Waals surface area (Å²) in [7, 11) is 0. The standard InChI is InChI=1S/C40H40F2N6O3/c1-7-25-13-27(41)14-26-9-8-10-30(32(25)26)34-33(42)35-31(17-43-34)36(46-20-28-11-12-29(21-46)48(28)38(49)51-39(4,5)6)45-37(44-35)50-22-40-15-23(2)18-47(40)19-24(3)16-40/h1,8-10,13-14,17,28-29H,2-3,11-12,15-16,18-22H2,4-6H3. The minimum absolute atomic E-state index is 0.0329. The van der Waals surface area contributed by atoms with Crippen LogP contribution in [0.2, 0.25) is 0 Å². The Morgan fingerprint density at radius 1 is 1.08 bits per heavy atom. The van der Waals surface area contributed by atoms with Gasteiger partial charge in [0.05, 0.1) is 23.0 Å². The first-order chi connectivity index (χ1) is 24.3. The zero-order valence-corrected chi connectivity index (χ0v) is 29.1. The number of ether oxygens (including phenoxy) is 2. The highest BCUT2D eigenvalue weighted by molar-refractivity contribution is 6.02. The predicted molar refractivity (Wildman–Crippen MR) is 193 cm³/mol. The van der Waals surface area contributed by atoms with E-state index in [4.69, 9.17) is 20.9 Å². The van der Waals surface area contributed by atoms with Crippen LogP contribution in [0.5, 0.6) is 6.01 Å². The van der Waals surface area contributed by atoms with Crippen molar-refractivity contribution >= 4 is 33.6 Å². The molecule has 2 unspecified atom stereocenters. The van der Waals surface area contributed by atoms with Gasteiger partial charge in [-0.1, -0.05) is 48.4 Å². The molecule has 262 valence electrons. The lowest BCUT2D eigenvalue weighted by atomic mass is 9.92. The molecule has 2 atom stereocenters. The molecule has 1 amide bonds. The van der Waals surface area contributed by atoms with E-state index in [2.05, 4.69) is 38.8 Å². The second kappa shape index (κ2) is 12.0. The number of halogens is 2. The highest BCUT2D eigenvalue weighted by Crippen LogP contribution is 2.44. The molecule has 0 radical (unpaired) electrons. The van der Waals surface area contributed by atoms with Crippen molar-refractivity contribution in [3.05, 3.63) is 78.0 Å². The minimum atomic E-state index is -0.667. The van der Waals surface area contributed by atoms with Crippen LogP contribution < -0.4 is 9.64 Å². The minimum Gasteiger partial charge on any atom is -0.461 e. The Bertz CT molecular complexity index is 2160. The SMILES string of the molecule is C#Cc1cc(F)cc2cccc(-c3ncc4c(N5CC6CCC(C5)N6C(=O)OC(C)(C)C)nc(OCC56CC(=C)CN5CC(=C)C6)nc4c3F)c12. The first-order valence-electron chi connectivity index (χ1n) is 17.4. The van der Waals surface area contributed by atoms with Gasteiger partial charge in [0.2, 0.25) is 0 Å². The molecule has 6 heterocycles. The number of rotatable bonds is 5. The van der Waals surface area contributed by atoms with Crippen LogP contribution in [0.25, 0.3) is 32.9 Å². The number of hydrogen-bond donors (Lipinski definition) is 0. The van der Waals surface area contributed by atoms with Crippen molar-refractivity contribution in [2.75, 3.05) is 37.7 Å². The van der Waals surface area contributed by atoms with Crippen LogP contribution in [0.15, 0.2) is 60.8 Å². The van der Waals surface area contributed by atoms with Gasteiger partial charge in [-0.25, -0.2) is 13.6 Å². The molecule has 0 saturated carbocycles. The van der Waals surface area contributed by atoms with Crippen molar-refractivity contribution in [2.24, 2.45) is 0 Å². The molecule has 0 spiro atoms. The van der Waals surface area contributed by atoms with E-state index in [1.54, 1.807) is 24.4 Å². The zero-order valence-electron chi connectivity index (χ0n) is 29.1. The Balaban J connectivity index is 1.22. The van der Waals surface area contributed by atoms with Crippen molar-refractivity contribution in [3.63, 3.8) is 0 Å². The number of benzene rings is 2. The van der Waals surface area contributed by atoms with E-state index in [9.17, 15) is 9.18 Å². The number of nitrogens with zero attached hydrogens (tertiary/aromatic N) is 6. The third-order valence-corrected chi connectivity index (χ3v) is 10.5. The van der Waals surface area contributed by atoms with Gasteiger partial charge in [0.15, 0.2) is 5.82 Å². The van der Waals surface area contributed by atoms with Crippen molar-refractivity contribution < 1.29 is 23.0 Å². The van der Waals surface area contributed by atoms with Gasteiger partial charge in [-0.3, -0.25) is 14.8 Å². The number of carbonyl (C=O) groups excluding carboxylic acids is 1. The number of pyridine rings is 1. The number of anilines is 1. The van der Waals surface area contributed by atoms with E-state index < -0.39 is 17.2 Å². The normalized spacial score (nSPS) is 21.4. The van der Waals surface area contributed by atoms with Crippen LogP contribution in [0.4, 0.5) is 19.4 Å². The van der Waals surface area contributed by atoms with Crippen LogP contribution in [-0.2, 0) is 4.74 Å². The molecule has 2 aromatic carbocycles. The summed E-state index contributed by atoms with van der Waals surface area (Å²) in [5.41, 5.74) is 2.14. The van der Waals surface area contributed by atoms with Gasteiger partial charge in [0.1, 0.15) is 35.1 Å². The summed E-state index contributed by atoms with van der Waals surface area (Å²) >= 11 is 0. The molecule has 4 aliphatic heterocycles. The lowest BCUT2D eigenvalue weighted by Crippen LogP contribution is -2.57. The Hall–Kier alpha value is -5.08. The number of carbonyl (C=O) groups is 1. The van der Waals surface area contributed by atoms with Gasteiger partial charge in [-0.15, -0.1) is 6.42 Å². The van der Waals surface area contributed by atoms with E-state index in [0.717, 1.165) is 49.9 Å². The summed E-state index contributed by atoms with van der Waals surface area (Å²) in [4.78, 5) is 33.7. The van der Waals surface area contributed by atoms with E-state index in [1.165, 1.54) is 12.1 Å². The molecule has 0 N–H and O–H groups in total. The van der Waals surface area contributed by atoms with E-state index in [1.807, 2.05) is 25.7 Å². The largest absolute Gasteiger partial charge is 0.461 e. The van der Waals surface area contributed by atoms with Gasteiger partial charge in [0, 0.05) is 48.9 Å². The molecule has 4 aliphatic rings. The van der Waals surface area contributed by atoms with Crippen LogP contribution >= 0.6 is 0 Å².